The van der Waals surface area contributed by atoms with Crippen LogP contribution in [0.3, 0.4) is 0 Å². The van der Waals surface area contributed by atoms with Crippen LogP contribution in [0.2, 0.25) is 0 Å². The molecule has 0 bridgehead atoms. The second kappa shape index (κ2) is 6.91. The highest BCUT2D eigenvalue weighted by Gasteiger charge is 2.07. The Morgan fingerprint density at radius 2 is 1.85 bits per heavy atom. The van der Waals surface area contributed by atoms with Crippen LogP contribution in [0, 0.1) is 0 Å². The summed E-state index contributed by atoms with van der Waals surface area (Å²) in [6.45, 7) is 4.58. The van der Waals surface area contributed by atoms with E-state index >= 15 is 0 Å². The Morgan fingerprint density at radius 3 is 2.45 bits per heavy atom. The number of nitrogens with zero attached hydrogens (tertiary/aromatic N) is 1. The van der Waals surface area contributed by atoms with E-state index in [0.29, 0.717) is 18.1 Å². The van der Waals surface area contributed by atoms with Crippen LogP contribution in [-0.4, -0.2) is 11.6 Å². The molecule has 1 aromatic carbocycles. The number of para-hydroxylation sites is 2. The smallest absolute Gasteiger partial charge is 0.169 e. The maximum absolute atomic E-state index is 5.94. The Morgan fingerprint density at radius 1 is 1.10 bits per heavy atom. The van der Waals surface area contributed by atoms with Gasteiger partial charge < -0.3 is 15.2 Å². The summed E-state index contributed by atoms with van der Waals surface area (Å²) in [5.74, 6) is 2.08. The van der Waals surface area contributed by atoms with Gasteiger partial charge in [-0.25, -0.2) is 0 Å². The van der Waals surface area contributed by atoms with E-state index in [1.807, 2.05) is 50.2 Å². The quantitative estimate of drug-likeness (QED) is 0.871. The summed E-state index contributed by atoms with van der Waals surface area (Å²) in [7, 11) is 0. The standard InChI is InChI=1S/C16H20N2O2/c1-3-13(17)14-10-9-12(11-18-14)20-16-8-6-5-7-15(16)19-4-2/h5-11,13H,3-4,17H2,1-2H3/t13-/m1/s1. The second-order valence-corrected chi connectivity index (χ2v) is 4.42. The summed E-state index contributed by atoms with van der Waals surface area (Å²) in [6, 6.07) is 11.3. The van der Waals surface area contributed by atoms with Gasteiger partial charge in [-0.15, -0.1) is 0 Å². The van der Waals surface area contributed by atoms with Gasteiger partial charge >= 0.3 is 0 Å². The average molecular weight is 272 g/mol. The molecule has 0 unspecified atom stereocenters. The Balaban J connectivity index is 2.14. The van der Waals surface area contributed by atoms with Crippen LogP contribution in [0.25, 0.3) is 0 Å². The molecule has 1 atom stereocenters. The predicted molar refractivity (Wildman–Crippen MR) is 79.1 cm³/mol. The average Bonchev–Trinajstić information content (AvgIpc) is 2.49. The largest absolute Gasteiger partial charge is 0.490 e. The molecule has 0 aliphatic carbocycles. The zero-order chi connectivity index (χ0) is 14.4. The van der Waals surface area contributed by atoms with E-state index in [1.54, 1.807) is 6.20 Å². The molecule has 0 amide bonds. The molecule has 0 radical (unpaired) electrons. The lowest BCUT2D eigenvalue weighted by molar-refractivity contribution is 0.321. The molecule has 106 valence electrons. The molecule has 2 rings (SSSR count). The van der Waals surface area contributed by atoms with Crippen molar-refractivity contribution in [3.8, 4) is 17.2 Å². The number of rotatable bonds is 6. The van der Waals surface area contributed by atoms with Gasteiger partial charge in [0.1, 0.15) is 5.75 Å². The van der Waals surface area contributed by atoms with Crippen LogP contribution in [-0.2, 0) is 0 Å². The fourth-order valence-electron chi connectivity index (χ4n) is 1.82. The Hall–Kier alpha value is -2.07. The third-order valence-electron chi connectivity index (χ3n) is 2.96. The second-order valence-electron chi connectivity index (χ2n) is 4.42. The first-order valence-corrected chi connectivity index (χ1v) is 6.85. The third-order valence-corrected chi connectivity index (χ3v) is 2.96. The minimum Gasteiger partial charge on any atom is -0.490 e. The van der Waals surface area contributed by atoms with E-state index in [1.165, 1.54) is 0 Å². The molecule has 0 fully saturated rings. The number of aromatic nitrogens is 1. The first kappa shape index (κ1) is 14.3. The Bertz CT molecular complexity index is 540. The molecule has 2 aromatic rings. The summed E-state index contributed by atoms with van der Waals surface area (Å²) in [6.07, 6.45) is 2.55. The molecule has 0 saturated heterocycles. The van der Waals surface area contributed by atoms with Crippen molar-refractivity contribution < 1.29 is 9.47 Å². The normalized spacial score (nSPS) is 11.9. The maximum Gasteiger partial charge on any atom is 0.169 e. The van der Waals surface area contributed by atoms with Crippen molar-refractivity contribution in [2.45, 2.75) is 26.3 Å². The number of ether oxygens (including phenoxy) is 2. The van der Waals surface area contributed by atoms with Crippen LogP contribution in [0.5, 0.6) is 17.2 Å². The number of nitrogens with two attached hydrogens (primary N) is 1. The maximum atomic E-state index is 5.94. The summed E-state index contributed by atoms with van der Waals surface area (Å²) in [5.41, 5.74) is 6.81. The van der Waals surface area contributed by atoms with E-state index in [4.69, 9.17) is 15.2 Å². The van der Waals surface area contributed by atoms with Gasteiger partial charge in [0, 0.05) is 6.04 Å². The molecule has 20 heavy (non-hydrogen) atoms. The van der Waals surface area contributed by atoms with E-state index in [2.05, 4.69) is 4.98 Å². The number of pyridine rings is 1. The molecule has 1 heterocycles. The summed E-state index contributed by atoms with van der Waals surface area (Å²) < 4.78 is 11.3. The Kier molecular flexibility index (Phi) is 4.96. The summed E-state index contributed by atoms with van der Waals surface area (Å²) in [4.78, 5) is 4.33. The van der Waals surface area contributed by atoms with Gasteiger partial charge in [0.2, 0.25) is 0 Å². The minimum atomic E-state index is -0.0280. The predicted octanol–water partition coefficient (Wildman–Crippen LogP) is 3.68. The highest BCUT2D eigenvalue weighted by atomic mass is 16.5. The fourth-order valence-corrected chi connectivity index (χ4v) is 1.82. The topological polar surface area (TPSA) is 57.4 Å². The first-order chi connectivity index (χ1) is 9.74. The van der Waals surface area contributed by atoms with Gasteiger partial charge in [-0.3, -0.25) is 4.98 Å². The van der Waals surface area contributed by atoms with Gasteiger partial charge in [-0.05, 0) is 37.6 Å². The molecule has 1 aromatic heterocycles. The summed E-state index contributed by atoms with van der Waals surface area (Å²) in [5, 5.41) is 0. The molecule has 0 aliphatic heterocycles. The van der Waals surface area contributed by atoms with Crippen LogP contribution < -0.4 is 15.2 Å². The van der Waals surface area contributed by atoms with E-state index < -0.39 is 0 Å². The van der Waals surface area contributed by atoms with Crippen molar-refractivity contribution >= 4 is 0 Å². The van der Waals surface area contributed by atoms with Crippen molar-refractivity contribution in [1.29, 1.82) is 0 Å². The molecular weight excluding hydrogens is 252 g/mol. The highest BCUT2D eigenvalue weighted by molar-refractivity contribution is 5.42. The van der Waals surface area contributed by atoms with Crippen molar-refractivity contribution in [3.63, 3.8) is 0 Å². The van der Waals surface area contributed by atoms with Crippen molar-refractivity contribution in [1.82, 2.24) is 4.98 Å². The molecule has 2 N–H and O–H groups in total. The van der Waals surface area contributed by atoms with Crippen LogP contribution in [0.15, 0.2) is 42.6 Å². The first-order valence-electron chi connectivity index (χ1n) is 6.85. The van der Waals surface area contributed by atoms with Crippen LogP contribution in [0.4, 0.5) is 0 Å². The van der Waals surface area contributed by atoms with Crippen LogP contribution >= 0.6 is 0 Å². The number of hydrogen-bond donors (Lipinski definition) is 1. The van der Waals surface area contributed by atoms with Crippen molar-refractivity contribution in [2.24, 2.45) is 5.73 Å². The van der Waals surface area contributed by atoms with Crippen LogP contribution in [0.1, 0.15) is 32.0 Å². The van der Waals surface area contributed by atoms with Gasteiger partial charge in [-0.1, -0.05) is 19.1 Å². The molecule has 0 saturated carbocycles. The van der Waals surface area contributed by atoms with Gasteiger partial charge in [0.15, 0.2) is 11.5 Å². The molecule has 0 spiro atoms. The van der Waals surface area contributed by atoms with E-state index in [0.717, 1.165) is 17.9 Å². The SMILES string of the molecule is CCOc1ccccc1Oc1ccc([C@H](N)CC)nc1. The molecule has 4 heteroatoms. The fraction of sp³-hybridized carbons (Fsp3) is 0.312. The van der Waals surface area contributed by atoms with Crippen molar-refractivity contribution in [3.05, 3.63) is 48.3 Å². The zero-order valence-electron chi connectivity index (χ0n) is 11.9. The lowest BCUT2D eigenvalue weighted by Gasteiger charge is -2.12. The van der Waals surface area contributed by atoms with E-state index in [9.17, 15) is 0 Å². The van der Waals surface area contributed by atoms with Gasteiger partial charge in [0.25, 0.3) is 0 Å². The minimum absolute atomic E-state index is 0.0280. The Labute approximate surface area is 119 Å². The molecule has 0 aliphatic rings. The monoisotopic (exact) mass is 272 g/mol. The molecular formula is C16H20N2O2. The molecule has 4 nitrogen and oxygen atoms in total. The lowest BCUT2D eigenvalue weighted by Crippen LogP contribution is -2.10. The van der Waals surface area contributed by atoms with Gasteiger partial charge in [-0.2, -0.15) is 0 Å². The van der Waals surface area contributed by atoms with Gasteiger partial charge in [0.05, 0.1) is 18.5 Å². The summed E-state index contributed by atoms with van der Waals surface area (Å²) >= 11 is 0. The lowest BCUT2D eigenvalue weighted by atomic mass is 10.1. The third kappa shape index (κ3) is 3.48. The number of benzene rings is 1. The highest BCUT2D eigenvalue weighted by Crippen LogP contribution is 2.31. The van der Waals surface area contributed by atoms with E-state index in [-0.39, 0.29) is 6.04 Å². The zero-order valence-corrected chi connectivity index (χ0v) is 11.9. The number of hydrogen-bond acceptors (Lipinski definition) is 4. The van der Waals surface area contributed by atoms with Crippen molar-refractivity contribution in [2.75, 3.05) is 6.61 Å².